The third-order valence-corrected chi connectivity index (χ3v) is 2.21. The van der Waals surface area contributed by atoms with Crippen LogP contribution in [-0.2, 0) is 13.1 Å². The summed E-state index contributed by atoms with van der Waals surface area (Å²) in [6.07, 6.45) is 3.57. The first-order chi connectivity index (χ1) is 7.79. The summed E-state index contributed by atoms with van der Waals surface area (Å²) in [4.78, 5) is 4.02. The van der Waals surface area contributed by atoms with E-state index in [2.05, 4.69) is 20.5 Å². The minimum Gasteiger partial charge on any atom is -0.407 e. The summed E-state index contributed by atoms with van der Waals surface area (Å²) in [5.41, 5.74) is 7.62. The van der Waals surface area contributed by atoms with E-state index in [0.29, 0.717) is 18.5 Å². The molecule has 0 saturated carbocycles. The van der Waals surface area contributed by atoms with Gasteiger partial charge in [0.25, 0.3) is 0 Å². The summed E-state index contributed by atoms with van der Waals surface area (Å²) in [7, 11) is 0. The summed E-state index contributed by atoms with van der Waals surface area (Å²) in [5, 5.41) is 10.6. The zero-order chi connectivity index (χ0) is 11.4. The van der Waals surface area contributed by atoms with Gasteiger partial charge in [0.05, 0.1) is 6.54 Å². The van der Waals surface area contributed by atoms with E-state index < -0.39 is 0 Å². The van der Waals surface area contributed by atoms with Gasteiger partial charge in [-0.05, 0) is 24.1 Å². The fourth-order valence-corrected chi connectivity index (χ4v) is 1.28. The second-order valence-electron chi connectivity index (χ2n) is 3.36. The van der Waals surface area contributed by atoms with Gasteiger partial charge in [-0.3, -0.25) is 4.98 Å². The molecule has 3 N–H and O–H groups in total. The Morgan fingerprint density at radius 1 is 1.44 bits per heavy atom. The largest absolute Gasteiger partial charge is 0.407 e. The lowest BCUT2D eigenvalue weighted by Crippen LogP contribution is -2.01. The predicted molar refractivity (Wildman–Crippen MR) is 58.5 cm³/mol. The van der Waals surface area contributed by atoms with Gasteiger partial charge >= 0.3 is 6.01 Å². The van der Waals surface area contributed by atoms with Crippen molar-refractivity contribution < 1.29 is 4.42 Å². The minimum absolute atomic E-state index is 0.253. The Bertz CT molecular complexity index is 468. The molecule has 0 aromatic carbocycles. The van der Waals surface area contributed by atoms with E-state index in [1.165, 1.54) is 0 Å². The standard InChI is InChI=1S/C10H13N5O/c1-7-5-12-3-2-8(7)6-13-10-15-14-9(4-11)16-10/h2-3,5H,4,6,11H2,1H3,(H,13,15). The van der Waals surface area contributed by atoms with E-state index in [4.69, 9.17) is 10.2 Å². The number of nitrogens with one attached hydrogen (secondary N) is 1. The normalized spacial score (nSPS) is 10.4. The molecule has 0 saturated heterocycles. The van der Waals surface area contributed by atoms with E-state index in [-0.39, 0.29) is 6.54 Å². The Labute approximate surface area is 92.9 Å². The third kappa shape index (κ3) is 2.34. The first kappa shape index (κ1) is 10.6. The smallest absolute Gasteiger partial charge is 0.315 e. The van der Waals surface area contributed by atoms with Gasteiger partial charge < -0.3 is 15.5 Å². The van der Waals surface area contributed by atoms with Crippen molar-refractivity contribution in [1.82, 2.24) is 15.2 Å². The molecule has 16 heavy (non-hydrogen) atoms. The van der Waals surface area contributed by atoms with Crippen LogP contribution in [0.1, 0.15) is 17.0 Å². The molecule has 0 aliphatic carbocycles. The molecule has 0 aliphatic heterocycles. The number of rotatable bonds is 4. The fourth-order valence-electron chi connectivity index (χ4n) is 1.28. The molecular weight excluding hydrogens is 206 g/mol. The van der Waals surface area contributed by atoms with Crippen LogP contribution in [0.15, 0.2) is 22.9 Å². The molecule has 2 rings (SSSR count). The first-order valence-corrected chi connectivity index (χ1v) is 4.95. The number of hydrogen-bond donors (Lipinski definition) is 2. The first-order valence-electron chi connectivity index (χ1n) is 4.95. The molecule has 6 nitrogen and oxygen atoms in total. The van der Waals surface area contributed by atoms with Gasteiger partial charge in [-0.2, -0.15) is 0 Å². The van der Waals surface area contributed by atoms with Crippen LogP contribution in [0, 0.1) is 6.92 Å². The van der Waals surface area contributed by atoms with Crippen LogP contribution in [-0.4, -0.2) is 15.2 Å². The molecular formula is C10H13N5O. The highest BCUT2D eigenvalue weighted by molar-refractivity contribution is 5.27. The maximum atomic E-state index is 5.36. The van der Waals surface area contributed by atoms with Crippen molar-refractivity contribution in [3.05, 3.63) is 35.5 Å². The number of nitrogens with zero attached hydrogens (tertiary/aromatic N) is 3. The van der Waals surface area contributed by atoms with Crippen molar-refractivity contribution in [3.8, 4) is 0 Å². The molecule has 2 heterocycles. The molecule has 2 aromatic rings. The Morgan fingerprint density at radius 2 is 2.31 bits per heavy atom. The summed E-state index contributed by atoms with van der Waals surface area (Å²) in [5.74, 6) is 0.425. The monoisotopic (exact) mass is 219 g/mol. The van der Waals surface area contributed by atoms with Crippen molar-refractivity contribution in [2.24, 2.45) is 5.73 Å². The van der Waals surface area contributed by atoms with Gasteiger partial charge in [0.1, 0.15) is 0 Å². The van der Waals surface area contributed by atoms with Crippen molar-refractivity contribution in [2.45, 2.75) is 20.0 Å². The molecule has 0 aliphatic rings. The third-order valence-electron chi connectivity index (χ3n) is 2.21. The lowest BCUT2D eigenvalue weighted by Gasteiger charge is -2.04. The van der Waals surface area contributed by atoms with E-state index in [0.717, 1.165) is 11.1 Å². The van der Waals surface area contributed by atoms with Crippen LogP contribution in [0.25, 0.3) is 0 Å². The van der Waals surface area contributed by atoms with Crippen LogP contribution in [0.3, 0.4) is 0 Å². The van der Waals surface area contributed by atoms with Gasteiger partial charge in [0.2, 0.25) is 5.89 Å². The predicted octanol–water partition coefficient (Wildman–Crippen LogP) is 0.844. The lowest BCUT2D eigenvalue weighted by atomic mass is 10.2. The van der Waals surface area contributed by atoms with Crippen LogP contribution in [0.2, 0.25) is 0 Å². The maximum absolute atomic E-state index is 5.36. The van der Waals surface area contributed by atoms with Crippen LogP contribution in [0.4, 0.5) is 6.01 Å². The number of nitrogens with two attached hydrogens (primary N) is 1. The van der Waals surface area contributed by atoms with Gasteiger partial charge in [0.15, 0.2) is 0 Å². The highest BCUT2D eigenvalue weighted by Gasteiger charge is 2.04. The fraction of sp³-hybridized carbons (Fsp3) is 0.300. The van der Waals surface area contributed by atoms with Crippen LogP contribution in [0.5, 0.6) is 0 Å². The van der Waals surface area contributed by atoms with Gasteiger partial charge in [-0.15, -0.1) is 5.10 Å². The van der Waals surface area contributed by atoms with Gasteiger partial charge in [-0.25, -0.2) is 0 Å². The highest BCUT2D eigenvalue weighted by atomic mass is 16.4. The van der Waals surface area contributed by atoms with E-state index >= 15 is 0 Å². The number of aryl methyl sites for hydroxylation is 1. The Kier molecular flexibility index (Phi) is 3.11. The van der Waals surface area contributed by atoms with Crippen molar-refractivity contribution in [3.63, 3.8) is 0 Å². The zero-order valence-corrected chi connectivity index (χ0v) is 8.97. The zero-order valence-electron chi connectivity index (χ0n) is 8.97. The summed E-state index contributed by atoms with van der Waals surface area (Å²) in [6, 6.07) is 2.33. The molecule has 0 unspecified atom stereocenters. The molecule has 0 spiro atoms. The summed E-state index contributed by atoms with van der Waals surface area (Å²) < 4.78 is 5.22. The Morgan fingerprint density at radius 3 is 3.00 bits per heavy atom. The van der Waals surface area contributed by atoms with E-state index in [9.17, 15) is 0 Å². The number of hydrogen-bond acceptors (Lipinski definition) is 6. The summed E-state index contributed by atoms with van der Waals surface area (Å²) in [6.45, 7) is 2.88. The molecule has 6 heteroatoms. The SMILES string of the molecule is Cc1cnccc1CNc1nnc(CN)o1. The Hall–Kier alpha value is -1.95. The number of pyridine rings is 1. The van der Waals surface area contributed by atoms with E-state index in [1.54, 1.807) is 6.20 Å². The molecule has 0 radical (unpaired) electrons. The van der Waals surface area contributed by atoms with Gasteiger partial charge in [-0.1, -0.05) is 5.10 Å². The number of anilines is 1. The topological polar surface area (TPSA) is 89.9 Å². The van der Waals surface area contributed by atoms with E-state index in [1.807, 2.05) is 19.2 Å². The molecule has 84 valence electrons. The molecule has 0 atom stereocenters. The second-order valence-corrected chi connectivity index (χ2v) is 3.36. The average molecular weight is 219 g/mol. The quantitative estimate of drug-likeness (QED) is 0.792. The van der Waals surface area contributed by atoms with Gasteiger partial charge in [0, 0.05) is 18.9 Å². The number of aromatic nitrogens is 3. The van der Waals surface area contributed by atoms with Crippen molar-refractivity contribution in [1.29, 1.82) is 0 Å². The Balaban J connectivity index is 1.99. The van der Waals surface area contributed by atoms with Crippen LogP contribution < -0.4 is 11.1 Å². The lowest BCUT2D eigenvalue weighted by molar-refractivity contribution is 0.507. The minimum atomic E-state index is 0.253. The molecule has 2 aromatic heterocycles. The second kappa shape index (κ2) is 4.71. The van der Waals surface area contributed by atoms with Crippen LogP contribution >= 0.6 is 0 Å². The molecule has 0 fully saturated rings. The van der Waals surface area contributed by atoms with Crippen molar-refractivity contribution >= 4 is 6.01 Å². The average Bonchev–Trinajstić information content (AvgIpc) is 2.76. The molecule has 0 amide bonds. The highest BCUT2D eigenvalue weighted by Crippen LogP contribution is 2.09. The molecule has 0 bridgehead atoms. The van der Waals surface area contributed by atoms with Crippen molar-refractivity contribution in [2.75, 3.05) is 5.32 Å². The maximum Gasteiger partial charge on any atom is 0.315 e. The summed E-state index contributed by atoms with van der Waals surface area (Å²) >= 11 is 0.